The summed E-state index contributed by atoms with van der Waals surface area (Å²) in [4.78, 5) is 15.3. The standard InChI is InChI=1S/C19H25N2O2/c22-19-16-6-2-4-14-3-1-5-15(18(14)16)11-20(19)17-12-21(23)9-7-13(17)8-10-21/h2,4,6,13,15,17,23H,1,3,5,7-12H2/q+1. The number of hydrogen-bond acceptors (Lipinski definition) is 2. The summed E-state index contributed by atoms with van der Waals surface area (Å²) in [6, 6.07) is 6.51. The smallest absolute Gasteiger partial charge is 0.254 e. The zero-order valence-electron chi connectivity index (χ0n) is 13.6. The molecule has 4 heteroatoms. The minimum atomic E-state index is 0.183. The van der Waals surface area contributed by atoms with Crippen LogP contribution < -0.4 is 0 Å². The number of aryl methyl sites for hydroxylation is 1. The fourth-order valence-corrected chi connectivity index (χ4v) is 5.61. The number of quaternary nitrogens is 1. The van der Waals surface area contributed by atoms with Crippen LogP contribution in [0.5, 0.6) is 0 Å². The minimum Gasteiger partial charge on any atom is -0.329 e. The number of hydroxylamine groups is 3. The first-order valence-corrected chi connectivity index (χ1v) is 9.16. The summed E-state index contributed by atoms with van der Waals surface area (Å²) in [5, 5.41) is 10.7. The summed E-state index contributed by atoms with van der Waals surface area (Å²) in [6.45, 7) is 3.34. The second kappa shape index (κ2) is 4.81. The molecule has 3 fully saturated rings. The molecule has 3 saturated heterocycles. The molecule has 23 heavy (non-hydrogen) atoms. The number of hydrogen-bond donors (Lipinski definition) is 1. The molecule has 122 valence electrons. The molecule has 4 heterocycles. The van der Waals surface area contributed by atoms with E-state index >= 15 is 0 Å². The Bertz CT molecular complexity index is 663. The van der Waals surface area contributed by atoms with Crippen LogP contribution in [0.4, 0.5) is 0 Å². The first-order valence-electron chi connectivity index (χ1n) is 9.16. The van der Waals surface area contributed by atoms with Gasteiger partial charge in [0, 0.05) is 30.9 Å². The maximum absolute atomic E-state index is 13.2. The third kappa shape index (κ3) is 2.01. The zero-order valence-corrected chi connectivity index (χ0v) is 13.6. The van der Waals surface area contributed by atoms with Crippen LogP contribution in [0, 0.1) is 5.92 Å². The largest absolute Gasteiger partial charge is 0.329 e. The Morgan fingerprint density at radius 1 is 1.17 bits per heavy atom. The predicted molar refractivity (Wildman–Crippen MR) is 86.3 cm³/mol. The van der Waals surface area contributed by atoms with Crippen molar-refractivity contribution in [3.05, 3.63) is 34.9 Å². The minimum absolute atomic E-state index is 0.183. The lowest BCUT2D eigenvalue weighted by molar-refractivity contribution is -1.11. The van der Waals surface area contributed by atoms with Crippen molar-refractivity contribution >= 4 is 5.91 Å². The first kappa shape index (κ1) is 14.0. The Hall–Kier alpha value is -1.39. The first-order chi connectivity index (χ1) is 11.1. The van der Waals surface area contributed by atoms with Crippen molar-refractivity contribution in [2.45, 2.75) is 44.1 Å². The van der Waals surface area contributed by atoms with Crippen molar-refractivity contribution in [2.75, 3.05) is 26.2 Å². The molecule has 2 bridgehead atoms. The molecule has 5 aliphatic rings. The van der Waals surface area contributed by atoms with E-state index in [0.29, 0.717) is 11.8 Å². The molecule has 4 aliphatic heterocycles. The monoisotopic (exact) mass is 313 g/mol. The number of carbonyl (C=O) groups is 1. The van der Waals surface area contributed by atoms with Gasteiger partial charge in [0.05, 0.1) is 6.04 Å². The highest BCUT2D eigenvalue weighted by atomic mass is 16.5. The van der Waals surface area contributed by atoms with Crippen molar-refractivity contribution in [3.63, 3.8) is 0 Å². The maximum atomic E-state index is 13.2. The fraction of sp³-hybridized carbons (Fsp3) is 0.632. The molecule has 0 radical (unpaired) electrons. The van der Waals surface area contributed by atoms with Gasteiger partial charge < -0.3 is 4.90 Å². The van der Waals surface area contributed by atoms with E-state index in [9.17, 15) is 10.0 Å². The molecule has 6 rings (SSSR count). The molecule has 1 aromatic rings. The molecule has 1 aliphatic carbocycles. The van der Waals surface area contributed by atoms with Crippen LogP contribution in [-0.4, -0.2) is 52.9 Å². The molecule has 0 spiro atoms. The van der Waals surface area contributed by atoms with Gasteiger partial charge in [-0.15, -0.1) is 0 Å². The lowest BCUT2D eigenvalue weighted by Gasteiger charge is -2.52. The molecule has 2 unspecified atom stereocenters. The molecule has 4 nitrogen and oxygen atoms in total. The Morgan fingerprint density at radius 2 is 2.00 bits per heavy atom. The highest BCUT2D eigenvalue weighted by Crippen LogP contribution is 2.42. The van der Waals surface area contributed by atoms with E-state index in [2.05, 4.69) is 17.0 Å². The number of carbonyl (C=O) groups excluding carboxylic acids is 1. The van der Waals surface area contributed by atoms with Crippen LogP contribution in [-0.2, 0) is 6.42 Å². The molecule has 0 aromatic heterocycles. The second-order valence-electron chi connectivity index (χ2n) is 8.05. The summed E-state index contributed by atoms with van der Waals surface area (Å²) in [6.07, 6.45) is 5.67. The van der Waals surface area contributed by atoms with Gasteiger partial charge in [0.25, 0.3) is 5.91 Å². The van der Waals surface area contributed by atoms with E-state index < -0.39 is 0 Å². The van der Waals surface area contributed by atoms with E-state index in [0.717, 1.165) is 51.0 Å². The number of rotatable bonds is 1. The topological polar surface area (TPSA) is 40.5 Å². The van der Waals surface area contributed by atoms with Gasteiger partial charge in [0.2, 0.25) is 0 Å². The molecule has 2 atom stereocenters. The summed E-state index contributed by atoms with van der Waals surface area (Å²) in [5.41, 5.74) is 3.68. The number of piperidine rings is 3. The van der Waals surface area contributed by atoms with Crippen LogP contribution >= 0.6 is 0 Å². The van der Waals surface area contributed by atoms with Gasteiger partial charge in [0.15, 0.2) is 0 Å². The van der Waals surface area contributed by atoms with Crippen molar-refractivity contribution in [3.8, 4) is 0 Å². The molecular formula is C19H25N2O2+. The Morgan fingerprint density at radius 3 is 2.78 bits per heavy atom. The van der Waals surface area contributed by atoms with Gasteiger partial charge in [-0.2, -0.15) is 4.65 Å². The zero-order chi connectivity index (χ0) is 15.6. The Labute approximate surface area is 137 Å². The van der Waals surface area contributed by atoms with E-state index in [4.69, 9.17) is 0 Å². The summed E-state index contributed by atoms with van der Waals surface area (Å²) in [5.74, 6) is 1.31. The summed E-state index contributed by atoms with van der Waals surface area (Å²) >= 11 is 0. The van der Waals surface area contributed by atoms with Gasteiger partial charge in [-0.05, 0) is 42.4 Å². The van der Waals surface area contributed by atoms with Gasteiger partial charge in [-0.1, -0.05) is 12.1 Å². The highest BCUT2D eigenvalue weighted by Gasteiger charge is 2.50. The van der Waals surface area contributed by atoms with Gasteiger partial charge in [-0.3, -0.25) is 4.79 Å². The van der Waals surface area contributed by atoms with Crippen molar-refractivity contribution in [1.29, 1.82) is 0 Å². The van der Waals surface area contributed by atoms with Gasteiger partial charge >= 0.3 is 0 Å². The second-order valence-corrected chi connectivity index (χ2v) is 8.05. The number of nitrogens with zero attached hydrogens (tertiary/aromatic N) is 2. The fourth-order valence-electron chi connectivity index (χ4n) is 5.61. The van der Waals surface area contributed by atoms with Crippen LogP contribution in [0.1, 0.15) is 53.1 Å². The predicted octanol–water partition coefficient (Wildman–Crippen LogP) is 2.56. The molecule has 1 N–H and O–H groups in total. The average molecular weight is 313 g/mol. The normalized spacial score (nSPS) is 38.6. The Balaban J connectivity index is 1.53. The van der Waals surface area contributed by atoms with E-state index in [1.54, 1.807) is 0 Å². The van der Waals surface area contributed by atoms with E-state index in [1.807, 2.05) is 6.07 Å². The third-order valence-electron chi connectivity index (χ3n) is 6.82. The van der Waals surface area contributed by atoms with Crippen molar-refractivity contribution < 1.29 is 14.6 Å². The molecule has 0 saturated carbocycles. The van der Waals surface area contributed by atoms with Gasteiger partial charge in [-0.25, -0.2) is 5.21 Å². The van der Waals surface area contributed by atoms with Crippen LogP contribution in [0.15, 0.2) is 18.2 Å². The van der Waals surface area contributed by atoms with Crippen molar-refractivity contribution in [1.82, 2.24) is 4.90 Å². The molecular weight excluding hydrogens is 288 g/mol. The average Bonchev–Trinajstić information content (AvgIpc) is 2.58. The highest BCUT2D eigenvalue weighted by molar-refractivity contribution is 5.97. The lowest BCUT2D eigenvalue weighted by atomic mass is 9.75. The molecule has 1 aromatic carbocycles. The van der Waals surface area contributed by atoms with Crippen molar-refractivity contribution in [2.24, 2.45) is 5.92 Å². The molecule has 1 amide bonds. The Kier molecular flexibility index (Phi) is 2.92. The van der Waals surface area contributed by atoms with Crippen LogP contribution in [0.25, 0.3) is 0 Å². The maximum Gasteiger partial charge on any atom is 0.254 e. The van der Waals surface area contributed by atoms with Crippen LogP contribution in [0.3, 0.4) is 0 Å². The number of amides is 1. The lowest BCUT2D eigenvalue weighted by Crippen LogP contribution is -2.67. The summed E-state index contributed by atoms with van der Waals surface area (Å²) in [7, 11) is 0. The summed E-state index contributed by atoms with van der Waals surface area (Å²) < 4.78 is 0.183. The van der Waals surface area contributed by atoms with Crippen LogP contribution in [0.2, 0.25) is 0 Å². The van der Waals surface area contributed by atoms with E-state index in [-0.39, 0.29) is 16.6 Å². The number of fused-ring (bicyclic) bond motifs is 3. The number of benzene rings is 1. The SMILES string of the molecule is O=C1c2cccc3c2C(CCC3)CN1C1C[N+]2(O)CCC1CC2. The van der Waals surface area contributed by atoms with Gasteiger partial charge in [0.1, 0.15) is 19.6 Å². The van der Waals surface area contributed by atoms with E-state index in [1.165, 1.54) is 24.0 Å². The third-order valence-corrected chi connectivity index (χ3v) is 6.82. The quantitative estimate of drug-likeness (QED) is 0.810.